The quantitative estimate of drug-likeness (QED) is 0.231. The number of nitrogens with two attached hydrogens (primary N) is 1. The van der Waals surface area contributed by atoms with E-state index in [4.69, 9.17) is 20.2 Å². The number of nitrogens with one attached hydrogen (secondary N) is 1. The van der Waals surface area contributed by atoms with E-state index < -0.39 is 17.3 Å². The van der Waals surface area contributed by atoms with Crippen molar-refractivity contribution in [2.45, 2.75) is 62.8 Å². The lowest BCUT2D eigenvalue weighted by molar-refractivity contribution is -0.134. The summed E-state index contributed by atoms with van der Waals surface area (Å²) in [5.74, 6) is -0.526. The highest BCUT2D eigenvalue weighted by atomic mass is 16.5. The number of allylic oxidation sites excluding steroid dienone is 1. The molecule has 1 aliphatic heterocycles. The Morgan fingerprint density at radius 2 is 2.09 bits per heavy atom. The number of carboxylic acid groups (broad SMARTS) is 1. The van der Waals surface area contributed by atoms with E-state index in [0.717, 1.165) is 67.4 Å². The predicted octanol–water partition coefficient (Wildman–Crippen LogP) is 2.84. The van der Waals surface area contributed by atoms with Crippen LogP contribution in [0.15, 0.2) is 23.9 Å². The highest BCUT2D eigenvalue weighted by Crippen LogP contribution is 2.50. The Balaban J connectivity index is 1.77. The Hall–Kier alpha value is -2.87. The molecule has 1 aromatic heterocycles. The molecule has 172 valence electrons. The molecule has 8 nitrogen and oxygen atoms in total. The number of carbonyl (C=O) groups excluding carboxylic acids is 1. The van der Waals surface area contributed by atoms with Crippen LogP contribution in [0, 0.1) is 0 Å². The van der Waals surface area contributed by atoms with Gasteiger partial charge < -0.3 is 25.6 Å². The molecule has 2 fully saturated rings. The number of nitrogens with zero attached hydrogens (tertiary/aromatic N) is 1. The molecule has 32 heavy (non-hydrogen) atoms. The van der Waals surface area contributed by atoms with Crippen molar-refractivity contribution in [3.63, 3.8) is 0 Å². The molecular weight excluding hydrogens is 410 g/mol. The number of methoxy groups -OCH3 is 1. The molecule has 2 aliphatic carbocycles. The van der Waals surface area contributed by atoms with E-state index in [2.05, 4.69) is 18.3 Å². The number of rotatable bonds is 9. The van der Waals surface area contributed by atoms with Crippen molar-refractivity contribution in [2.24, 2.45) is 5.73 Å². The lowest BCUT2D eigenvalue weighted by Crippen LogP contribution is -2.38. The number of fused-ring (bicyclic) bond motifs is 4. The molecule has 2 bridgehead atoms. The van der Waals surface area contributed by atoms with Gasteiger partial charge in [-0.1, -0.05) is 0 Å². The van der Waals surface area contributed by atoms with Gasteiger partial charge in [-0.25, -0.2) is 9.78 Å². The van der Waals surface area contributed by atoms with Gasteiger partial charge in [0.2, 0.25) is 0 Å². The number of carboxylic acids is 1. The first-order chi connectivity index (χ1) is 15.3. The highest BCUT2D eigenvalue weighted by molar-refractivity contribution is 6.22. The molecule has 0 amide bonds. The normalized spacial score (nSPS) is 25.8. The Kier molecular flexibility index (Phi) is 6.24. The van der Waals surface area contributed by atoms with Gasteiger partial charge in [-0.15, -0.1) is 0 Å². The Labute approximate surface area is 187 Å². The molecule has 1 aromatic rings. The van der Waals surface area contributed by atoms with E-state index in [1.54, 1.807) is 7.11 Å². The second kappa shape index (κ2) is 8.94. The van der Waals surface area contributed by atoms with Crippen LogP contribution < -0.4 is 15.8 Å². The Morgan fingerprint density at radius 1 is 1.31 bits per heavy atom. The van der Waals surface area contributed by atoms with Gasteiger partial charge in [0.15, 0.2) is 5.78 Å². The van der Waals surface area contributed by atoms with Crippen LogP contribution in [0.5, 0.6) is 5.75 Å². The van der Waals surface area contributed by atoms with Crippen molar-refractivity contribution in [2.75, 3.05) is 20.3 Å². The third kappa shape index (κ3) is 4.50. The van der Waals surface area contributed by atoms with Gasteiger partial charge in [0.25, 0.3) is 0 Å². The first kappa shape index (κ1) is 22.3. The van der Waals surface area contributed by atoms with Gasteiger partial charge in [0, 0.05) is 43.9 Å². The Bertz CT molecular complexity index is 982. The largest absolute Gasteiger partial charge is 0.492 e. The molecule has 0 radical (unpaired) electrons. The van der Waals surface area contributed by atoms with Crippen LogP contribution in [0.1, 0.15) is 74.2 Å². The fourth-order valence-corrected chi connectivity index (χ4v) is 4.78. The zero-order chi connectivity index (χ0) is 22.9. The molecular formula is C24H31N3O5. The van der Waals surface area contributed by atoms with E-state index in [1.807, 2.05) is 0 Å². The molecule has 4 N–H and O–H groups in total. The monoisotopic (exact) mass is 441 g/mol. The molecule has 0 aromatic carbocycles. The van der Waals surface area contributed by atoms with E-state index in [1.165, 1.54) is 6.08 Å². The zero-order valence-corrected chi connectivity index (χ0v) is 18.6. The molecule has 2 unspecified atom stereocenters. The van der Waals surface area contributed by atoms with Crippen molar-refractivity contribution in [3.05, 3.63) is 40.9 Å². The summed E-state index contributed by atoms with van der Waals surface area (Å²) in [6, 6.07) is 2.10. The maximum absolute atomic E-state index is 12.7. The maximum atomic E-state index is 12.7. The summed E-state index contributed by atoms with van der Waals surface area (Å²) < 4.78 is 11.3. The van der Waals surface area contributed by atoms with Crippen LogP contribution in [-0.4, -0.2) is 47.7 Å². The number of ketones is 1. The minimum Gasteiger partial charge on any atom is -0.492 e. The molecule has 0 spiro atoms. The fourth-order valence-electron chi connectivity index (χ4n) is 4.78. The minimum atomic E-state index is -1.35. The summed E-state index contributed by atoms with van der Waals surface area (Å²) >= 11 is 0. The number of carbonyl (C=O) groups is 2. The average molecular weight is 442 g/mol. The fraction of sp³-hybridized carbons (Fsp3) is 0.542. The summed E-state index contributed by atoms with van der Waals surface area (Å²) in [6.45, 7) is 3.33. The van der Waals surface area contributed by atoms with E-state index >= 15 is 0 Å². The highest BCUT2D eigenvalue weighted by Gasteiger charge is 2.42. The molecule has 0 saturated heterocycles. The van der Waals surface area contributed by atoms with Crippen molar-refractivity contribution < 1.29 is 24.2 Å². The second-order valence-electron chi connectivity index (χ2n) is 9.21. The van der Waals surface area contributed by atoms with Crippen molar-refractivity contribution in [1.29, 1.82) is 0 Å². The van der Waals surface area contributed by atoms with Crippen LogP contribution in [0.3, 0.4) is 0 Å². The van der Waals surface area contributed by atoms with Crippen molar-refractivity contribution in [1.82, 2.24) is 10.3 Å². The topological polar surface area (TPSA) is 124 Å². The molecule has 4 rings (SSSR count). The van der Waals surface area contributed by atoms with Crippen molar-refractivity contribution >= 4 is 17.4 Å². The van der Waals surface area contributed by atoms with Crippen LogP contribution >= 0.6 is 0 Å². The van der Waals surface area contributed by atoms with Gasteiger partial charge in [-0.3, -0.25) is 4.79 Å². The first-order valence-electron chi connectivity index (χ1n) is 11.2. The lowest BCUT2D eigenvalue weighted by atomic mass is 9.93. The summed E-state index contributed by atoms with van der Waals surface area (Å²) in [5.41, 5.74) is 8.00. The zero-order valence-electron chi connectivity index (χ0n) is 18.6. The minimum absolute atomic E-state index is 0.188. The molecule has 2 saturated carbocycles. The van der Waals surface area contributed by atoms with Gasteiger partial charge in [-0.2, -0.15) is 0 Å². The van der Waals surface area contributed by atoms with E-state index in [9.17, 15) is 14.7 Å². The van der Waals surface area contributed by atoms with Crippen LogP contribution in [0.25, 0.3) is 5.70 Å². The number of pyridine rings is 1. The van der Waals surface area contributed by atoms with E-state index in [0.29, 0.717) is 30.7 Å². The third-order valence-electron chi connectivity index (χ3n) is 6.57. The number of hydrogen-bond donors (Lipinski definition) is 3. The second-order valence-corrected chi connectivity index (χ2v) is 9.21. The van der Waals surface area contributed by atoms with E-state index in [-0.39, 0.29) is 5.54 Å². The molecule has 8 heteroatoms. The van der Waals surface area contributed by atoms with Crippen LogP contribution in [-0.2, 0) is 14.3 Å². The first-order valence-corrected chi connectivity index (χ1v) is 11.2. The maximum Gasteiger partial charge on any atom is 0.341 e. The summed E-state index contributed by atoms with van der Waals surface area (Å²) in [7, 11) is 1.68. The predicted molar refractivity (Wildman–Crippen MR) is 119 cm³/mol. The average Bonchev–Trinajstić information content (AvgIpc) is 3.53. The Morgan fingerprint density at radius 3 is 2.75 bits per heavy atom. The number of ether oxygens (including phenoxy) is 2. The summed E-state index contributed by atoms with van der Waals surface area (Å²) in [4.78, 5) is 29.1. The number of aliphatic carboxylic acids is 1. The summed E-state index contributed by atoms with van der Waals surface area (Å²) in [5, 5.41) is 12.8. The molecule has 2 heterocycles. The van der Waals surface area contributed by atoms with Crippen molar-refractivity contribution in [3.8, 4) is 5.75 Å². The number of aromatic nitrogens is 1. The molecule has 2 atom stereocenters. The standard InChI is InChI=1S/C24H31N3O5/c1-24-7-6-15(12-24)16-10-20(32-9-3-8-31-2)21(14-4-5-14)26-22(16)18(27-24)11-19(28)17(13-25)23(29)30/h10-11,13-15,27H,3-9,12,25H2,1-2H3,(H,29,30)/b17-13+,18-11-. The van der Waals surface area contributed by atoms with Crippen LogP contribution in [0.2, 0.25) is 0 Å². The van der Waals surface area contributed by atoms with Crippen LogP contribution in [0.4, 0.5) is 0 Å². The summed E-state index contributed by atoms with van der Waals surface area (Å²) in [6.07, 6.45) is 7.98. The van der Waals surface area contributed by atoms with Gasteiger partial charge in [0.1, 0.15) is 11.3 Å². The number of hydrogen-bond acceptors (Lipinski definition) is 7. The van der Waals surface area contributed by atoms with Gasteiger partial charge in [0.05, 0.1) is 23.7 Å². The third-order valence-corrected chi connectivity index (χ3v) is 6.57. The SMILES string of the molecule is COCCCOc1cc2c(nc1C1CC1)/C(=C/C(=O)/C(=C\N)C(=O)O)NC1(C)CCC2C1. The van der Waals surface area contributed by atoms with Gasteiger partial charge in [-0.05, 0) is 56.6 Å². The molecule has 3 aliphatic rings. The van der Waals surface area contributed by atoms with Gasteiger partial charge >= 0.3 is 5.97 Å². The smallest absolute Gasteiger partial charge is 0.341 e. The lowest BCUT2D eigenvalue weighted by Gasteiger charge is -2.27.